The molecule has 2 atom stereocenters. The maximum Gasteiger partial charge on any atom is 0.0695 e. The fourth-order valence-corrected chi connectivity index (χ4v) is 3.74. The van der Waals surface area contributed by atoms with Gasteiger partial charge in [0.2, 0.25) is 0 Å². The predicted molar refractivity (Wildman–Crippen MR) is 68.9 cm³/mol. The molecule has 0 aliphatic heterocycles. The number of nitrogens with zero attached hydrogens (tertiary/aromatic N) is 1. The Bertz CT molecular complexity index is 238. The van der Waals surface area contributed by atoms with Crippen LogP contribution in [0.1, 0.15) is 51.4 Å². The normalized spacial score (nSPS) is 33.2. The van der Waals surface area contributed by atoms with Crippen LogP contribution in [0.3, 0.4) is 0 Å². The summed E-state index contributed by atoms with van der Waals surface area (Å²) < 4.78 is 0. The molecule has 0 saturated heterocycles. The second-order valence-electron chi connectivity index (χ2n) is 6.20. The largest absolute Gasteiger partial charge is 0.396 e. The van der Waals surface area contributed by atoms with Crippen molar-refractivity contribution in [3.05, 3.63) is 0 Å². The minimum atomic E-state index is -0.161. The first-order chi connectivity index (χ1) is 8.17. The third-order valence-electron chi connectivity index (χ3n) is 4.84. The third-order valence-corrected chi connectivity index (χ3v) is 4.84. The van der Waals surface area contributed by atoms with Crippen LogP contribution in [-0.2, 0) is 0 Å². The van der Waals surface area contributed by atoms with E-state index in [9.17, 15) is 10.2 Å². The Morgan fingerprint density at radius 3 is 2.35 bits per heavy atom. The molecule has 0 spiro atoms. The molecule has 3 heteroatoms. The van der Waals surface area contributed by atoms with E-state index in [-0.39, 0.29) is 11.5 Å². The zero-order chi connectivity index (χ0) is 12.3. The molecule has 0 bridgehead atoms. The highest BCUT2D eigenvalue weighted by atomic mass is 16.3. The van der Waals surface area contributed by atoms with E-state index in [0.29, 0.717) is 12.6 Å². The van der Waals surface area contributed by atoms with Crippen LogP contribution in [0.2, 0.25) is 0 Å². The third kappa shape index (κ3) is 3.01. The maximum absolute atomic E-state index is 10.1. The first-order valence-corrected chi connectivity index (χ1v) is 7.16. The number of aliphatic hydroxyl groups excluding tert-OH is 2. The van der Waals surface area contributed by atoms with Crippen LogP contribution in [0.25, 0.3) is 0 Å². The minimum Gasteiger partial charge on any atom is -0.396 e. The lowest BCUT2D eigenvalue weighted by Crippen LogP contribution is -2.48. The number of rotatable bonds is 4. The van der Waals surface area contributed by atoms with Crippen molar-refractivity contribution < 1.29 is 10.2 Å². The average molecular weight is 241 g/mol. The smallest absolute Gasteiger partial charge is 0.0695 e. The molecule has 2 aliphatic carbocycles. The van der Waals surface area contributed by atoms with Gasteiger partial charge in [0.1, 0.15) is 0 Å². The quantitative estimate of drug-likeness (QED) is 0.788. The molecule has 0 amide bonds. The lowest BCUT2D eigenvalue weighted by molar-refractivity contribution is 0.000340. The second-order valence-corrected chi connectivity index (χ2v) is 6.20. The summed E-state index contributed by atoms with van der Waals surface area (Å²) in [6.07, 6.45) is 9.09. The Labute approximate surface area is 105 Å². The highest BCUT2D eigenvalue weighted by Gasteiger charge is 2.37. The van der Waals surface area contributed by atoms with Gasteiger partial charge in [-0.3, -0.25) is 0 Å². The highest BCUT2D eigenvalue weighted by molar-refractivity contribution is 4.90. The van der Waals surface area contributed by atoms with Gasteiger partial charge in [0, 0.05) is 24.6 Å². The van der Waals surface area contributed by atoms with Crippen LogP contribution in [0.15, 0.2) is 0 Å². The van der Waals surface area contributed by atoms with Crippen molar-refractivity contribution in [1.82, 2.24) is 4.90 Å². The summed E-state index contributed by atoms with van der Waals surface area (Å²) in [6, 6.07) is 0.313. The van der Waals surface area contributed by atoms with E-state index in [1.54, 1.807) is 0 Å². The molecule has 0 radical (unpaired) electrons. The van der Waals surface area contributed by atoms with Gasteiger partial charge in [-0.15, -0.1) is 0 Å². The Balaban J connectivity index is 1.92. The van der Waals surface area contributed by atoms with E-state index < -0.39 is 0 Å². The monoisotopic (exact) mass is 241 g/mol. The fraction of sp³-hybridized carbons (Fsp3) is 1.00. The standard InChI is InChI=1S/C14H27NO2/c1-15(12-6-2-3-7-13(12)17)10-14(11-16)8-4-5-9-14/h12-13,16-17H,2-11H2,1H3. The van der Waals surface area contributed by atoms with Crippen LogP contribution >= 0.6 is 0 Å². The molecule has 0 aromatic heterocycles. The molecular formula is C14H27NO2. The lowest BCUT2D eigenvalue weighted by Gasteiger charge is -2.40. The SMILES string of the molecule is CN(CC1(CO)CCCC1)C1CCCCC1O. The summed E-state index contributed by atoms with van der Waals surface area (Å²) in [5.41, 5.74) is 0.117. The molecule has 2 aliphatic rings. The maximum atomic E-state index is 10.1. The van der Waals surface area contributed by atoms with E-state index in [1.807, 2.05) is 0 Å². The molecule has 17 heavy (non-hydrogen) atoms. The van der Waals surface area contributed by atoms with Crippen molar-refractivity contribution in [3.63, 3.8) is 0 Å². The van der Waals surface area contributed by atoms with Crippen molar-refractivity contribution in [1.29, 1.82) is 0 Å². The Morgan fingerprint density at radius 2 is 1.76 bits per heavy atom. The number of hydrogen-bond donors (Lipinski definition) is 2. The summed E-state index contributed by atoms with van der Waals surface area (Å²) in [6.45, 7) is 1.26. The lowest BCUT2D eigenvalue weighted by atomic mass is 9.84. The summed E-state index contributed by atoms with van der Waals surface area (Å²) in [5.74, 6) is 0. The van der Waals surface area contributed by atoms with Gasteiger partial charge in [-0.25, -0.2) is 0 Å². The van der Waals surface area contributed by atoms with Crippen LogP contribution in [0.5, 0.6) is 0 Å². The molecule has 0 aromatic rings. The molecule has 2 rings (SSSR count). The van der Waals surface area contributed by atoms with Gasteiger partial charge in [0.15, 0.2) is 0 Å². The minimum absolute atomic E-state index is 0.117. The summed E-state index contributed by atoms with van der Waals surface area (Å²) in [5, 5.41) is 19.7. The first-order valence-electron chi connectivity index (χ1n) is 7.16. The first kappa shape index (κ1) is 13.3. The molecule has 3 nitrogen and oxygen atoms in total. The molecule has 2 N–H and O–H groups in total. The van der Waals surface area contributed by atoms with Crippen molar-refractivity contribution in [2.75, 3.05) is 20.2 Å². The highest BCUT2D eigenvalue weighted by Crippen LogP contribution is 2.39. The molecule has 0 heterocycles. The van der Waals surface area contributed by atoms with Gasteiger partial charge in [-0.2, -0.15) is 0 Å². The molecular weight excluding hydrogens is 214 g/mol. The van der Waals surface area contributed by atoms with Gasteiger partial charge in [-0.1, -0.05) is 25.7 Å². The van der Waals surface area contributed by atoms with Gasteiger partial charge in [0.25, 0.3) is 0 Å². The Morgan fingerprint density at radius 1 is 1.12 bits per heavy atom. The van der Waals surface area contributed by atoms with Gasteiger partial charge in [0.05, 0.1) is 6.10 Å². The van der Waals surface area contributed by atoms with Gasteiger partial charge < -0.3 is 15.1 Å². The van der Waals surface area contributed by atoms with Crippen molar-refractivity contribution >= 4 is 0 Å². The van der Waals surface area contributed by atoms with E-state index in [2.05, 4.69) is 11.9 Å². The Hall–Kier alpha value is -0.120. The van der Waals surface area contributed by atoms with Crippen molar-refractivity contribution in [2.45, 2.75) is 63.5 Å². The summed E-state index contributed by atoms with van der Waals surface area (Å²) in [7, 11) is 2.12. The topological polar surface area (TPSA) is 43.7 Å². The zero-order valence-electron chi connectivity index (χ0n) is 11.1. The van der Waals surface area contributed by atoms with Crippen LogP contribution in [0.4, 0.5) is 0 Å². The van der Waals surface area contributed by atoms with Gasteiger partial charge in [-0.05, 0) is 32.7 Å². The molecule has 100 valence electrons. The molecule has 2 saturated carbocycles. The second kappa shape index (κ2) is 5.68. The molecule has 2 fully saturated rings. The molecule has 2 unspecified atom stereocenters. The fourth-order valence-electron chi connectivity index (χ4n) is 3.74. The van der Waals surface area contributed by atoms with E-state index in [1.165, 1.54) is 19.3 Å². The van der Waals surface area contributed by atoms with Crippen LogP contribution in [-0.4, -0.2) is 47.5 Å². The average Bonchev–Trinajstić information content (AvgIpc) is 2.79. The van der Waals surface area contributed by atoms with E-state index >= 15 is 0 Å². The van der Waals surface area contributed by atoms with E-state index in [4.69, 9.17) is 0 Å². The van der Waals surface area contributed by atoms with Crippen LogP contribution < -0.4 is 0 Å². The summed E-state index contributed by atoms with van der Waals surface area (Å²) >= 11 is 0. The zero-order valence-corrected chi connectivity index (χ0v) is 11.1. The predicted octanol–water partition coefficient (Wildman–Crippen LogP) is 1.77. The van der Waals surface area contributed by atoms with Crippen molar-refractivity contribution in [2.24, 2.45) is 5.41 Å². The van der Waals surface area contributed by atoms with E-state index in [0.717, 1.165) is 38.6 Å². The van der Waals surface area contributed by atoms with Crippen molar-refractivity contribution in [3.8, 4) is 0 Å². The number of likely N-dealkylation sites (N-methyl/N-ethyl adjacent to an activating group) is 1. The summed E-state index contributed by atoms with van der Waals surface area (Å²) in [4.78, 5) is 2.31. The number of aliphatic hydroxyl groups is 2. The molecule has 0 aromatic carbocycles. The Kier molecular flexibility index (Phi) is 4.45. The van der Waals surface area contributed by atoms with Gasteiger partial charge >= 0.3 is 0 Å². The van der Waals surface area contributed by atoms with Crippen LogP contribution in [0, 0.1) is 5.41 Å². The number of hydrogen-bond acceptors (Lipinski definition) is 3.